The predicted octanol–water partition coefficient (Wildman–Crippen LogP) is 1.84. The number of hydrogen-bond donors (Lipinski definition) is 2. The third-order valence-electron chi connectivity index (χ3n) is 3.30. The fourth-order valence-corrected chi connectivity index (χ4v) is 2.37. The highest BCUT2D eigenvalue weighted by molar-refractivity contribution is 6.32. The van der Waals surface area contributed by atoms with E-state index in [1.165, 1.54) is 0 Å². The van der Waals surface area contributed by atoms with Crippen molar-refractivity contribution >= 4 is 29.2 Å². The van der Waals surface area contributed by atoms with Gasteiger partial charge in [0.2, 0.25) is 0 Å². The number of nitrogens with zero attached hydrogens (tertiary/aromatic N) is 3. The summed E-state index contributed by atoms with van der Waals surface area (Å²) >= 11 is 6.14. The van der Waals surface area contributed by atoms with Gasteiger partial charge in [-0.25, -0.2) is 4.98 Å². The van der Waals surface area contributed by atoms with Crippen LogP contribution in [0, 0.1) is 0 Å². The Morgan fingerprint density at radius 2 is 2.27 bits per heavy atom. The molecule has 22 heavy (non-hydrogen) atoms. The molecule has 0 saturated carbocycles. The Kier molecular flexibility index (Phi) is 5.91. The zero-order valence-electron chi connectivity index (χ0n) is 12.6. The summed E-state index contributed by atoms with van der Waals surface area (Å²) in [6.07, 6.45) is 5.94. The fraction of sp³-hybridized carbons (Fsp3) is 0.400. The molecular formula is C15H20ClN5O. The van der Waals surface area contributed by atoms with Crippen LogP contribution in [-0.4, -0.2) is 42.4 Å². The number of H-pyrrole nitrogens is 1. The first-order chi connectivity index (χ1) is 10.6. The summed E-state index contributed by atoms with van der Waals surface area (Å²) in [6.45, 7) is 9.09. The SMILES string of the molecule is C=C(/C=C\N=CC)c1nc(N2CCCNCC2)c(Cl)c(=O)[nH]1. The first-order valence-electron chi connectivity index (χ1n) is 7.22. The standard InChI is InChI=1S/C15H20ClN5O/c1-3-17-7-5-11(2)13-19-14(12(16)15(22)20-13)21-9-4-6-18-8-10-21/h3,5,7,18H,2,4,6,8-10H2,1H3,(H,19,20,22)/b7-5-,17-3?. The van der Waals surface area contributed by atoms with Crippen molar-refractivity contribution in [3.8, 4) is 0 Å². The second-order valence-corrected chi connectivity index (χ2v) is 5.27. The van der Waals surface area contributed by atoms with Crippen molar-refractivity contribution in [2.24, 2.45) is 4.99 Å². The van der Waals surface area contributed by atoms with Gasteiger partial charge in [0.25, 0.3) is 5.56 Å². The van der Waals surface area contributed by atoms with Gasteiger partial charge in [0.15, 0.2) is 5.82 Å². The van der Waals surface area contributed by atoms with Crippen LogP contribution < -0.4 is 15.8 Å². The summed E-state index contributed by atoms with van der Waals surface area (Å²) in [4.78, 5) is 25.2. The third-order valence-corrected chi connectivity index (χ3v) is 3.64. The molecule has 2 rings (SSSR count). The molecule has 7 heteroatoms. The van der Waals surface area contributed by atoms with E-state index in [1.54, 1.807) is 18.5 Å². The van der Waals surface area contributed by atoms with Gasteiger partial charge in [-0.3, -0.25) is 9.79 Å². The van der Waals surface area contributed by atoms with Crippen LogP contribution in [0.25, 0.3) is 5.57 Å². The number of aromatic nitrogens is 2. The molecule has 0 aromatic carbocycles. The monoisotopic (exact) mass is 321 g/mol. The molecule has 2 heterocycles. The van der Waals surface area contributed by atoms with Crippen LogP contribution in [-0.2, 0) is 0 Å². The van der Waals surface area contributed by atoms with Gasteiger partial charge in [0, 0.05) is 37.6 Å². The summed E-state index contributed by atoms with van der Waals surface area (Å²) in [5, 5.41) is 3.43. The maximum absolute atomic E-state index is 12.1. The third kappa shape index (κ3) is 4.05. The molecule has 0 unspecified atom stereocenters. The molecule has 1 aromatic rings. The molecule has 0 aliphatic carbocycles. The molecule has 1 fully saturated rings. The minimum atomic E-state index is -0.354. The molecule has 6 nitrogen and oxygen atoms in total. The van der Waals surface area contributed by atoms with Crippen LogP contribution in [0.2, 0.25) is 5.02 Å². The molecule has 0 amide bonds. The second-order valence-electron chi connectivity index (χ2n) is 4.89. The van der Waals surface area contributed by atoms with Crippen LogP contribution in [0.15, 0.2) is 28.6 Å². The molecule has 2 N–H and O–H groups in total. The topological polar surface area (TPSA) is 73.4 Å². The molecule has 0 atom stereocenters. The quantitative estimate of drug-likeness (QED) is 0.655. The van der Waals surface area contributed by atoms with E-state index in [9.17, 15) is 4.79 Å². The molecule has 0 spiro atoms. The molecule has 0 radical (unpaired) electrons. The van der Waals surface area contributed by atoms with Crippen LogP contribution in [0.4, 0.5) is 5.82 Å². The number of nitrogens with one attached hydrogen (secondary N) is 2. The average Bonchev–Trinajstić information content (AvgIpc) is 2.79. The van der Waals surface area contributed by atoms with Gasteiger partial charge in [0.05, 0.1) is 0 Å². The number of hydrogen-bond acceptors (Lipinski definition) is 5. The zero-order chi connectivity index (χ0) is 15.9. The maximum Gasteiger partial charge on any atom is 0.272 e. The highest BCUT2D eigenvalue weighted by Gasteiger charge is 2.18. The average molecular weight is 322 g/mol. The van der Waals surface area contributed by atoms with E-state index in [4.69, 9.17) is 11.6 Å². The van der Waals surface area contributed by atoms with Crippen LogP contribution >= 0.6 is 11.6 Å². The van der Waals surface area contributed by atoms with Gasteiger partial charge < -0.3 is 15.2 Å². The van der Waals surface area contributed by atoms with Crippen molar-refractivity contribution in [2.45, 2.75) is 13.3 Å². The lowest BCUT2D eigenvalue weighted by Gasteiger charge is -2.22. The van der Waals surface area contributed by atoms with Crippen LogP contribution in [0.5, 0.6) is 0 Å². The summed E-state index contributed by atoms with van der Waals surface area (Å²) in [5.74, 6) is 0.918. The van der Waals surface area contributed by atoms with E-state index in [0.29, 0.717) is 17.2 Å². The smallest absolute Gasteiger partial charge is 0.272 e. The van der Waals surface area contributed by atoms with Gasteiger partial charge in [0.1, 0.15) is 10.8 Å². The predicted molar refractivity (Wildman–Crippen MR) is 91.9 cm³/mol. The van der Waals surface area contributed by atoms with Crippen molar-refractivity contribution in [3.05, 3.63) is 40.1 Å². The Morgan fingerprint density at radius 3 is 3.05 bits per heavy atom. The second kappa shape index (κ2) is 7.91. The Morgan fingerprint density at radius 1 is 1.45 bits per heavy atom. The van der Waals surface area contributed by atoms with Gasteiger partial charge in [-0.05, 0) is 26.0 Å². The number of allylic oxidation sites excluding steroid dienone is 2. The number of aliphatic imine (C=N–C) groups is 1. The molecule has 1 aliphatic rings. The van der Waals surface area contributed by atoms with E-state index >= 15 is 0 Å². The number of aromatic amines is 1. The molecule has 0 bridgehead atoms. The first-order valence-corrected chi connectivity index (χ1v) is 7.60. The van der Waals surface area contributed by atoms with Crippen molar-refractivity contribution in [3.63, 3.8) is 0 Å². The van der Waals surface area contributed by atoms with Gasteiger partial charge in [-0.1, -0.05) is 18.2 Å². The van der Waals surface area contributed by atoms with Gasteiger partial charge in [-0.15, -0.1) is 0 Å². The van der Waals surface area contributed by atoms with Gasteiger partial charge >= 0.3 is 0 Å². The van der Waals surface area contributed by atoms with Crippen LogP contribution in [0.3, 0.4) is 0 Å². The highest BCUT2D eigenvalue weighted by atomic mass is 35.5. The number of rotatable bonds is 4. The molecule has 1 aliphatic heterocycles. The van der Waals surface area contributed by atoms with E-state index in [-0.39, 0.29) is 10.6 Å². The van der Waals surface area contributed by atoms with Crippen molar-refractivity contribution in [2.75, 3.05) is 31.1 Å². The summed E-state index contributed by atoms with van der Waals surface area (Å²) < 4.78 is 0. The van der Waals surface area contributed by atoms with Crippen molar-refractivity contribution in [1.82, 2.24) is 15.3 Å². The van der Waals surface area contributed by atoms with Gasteiger partial charge in [-0.2, -0.15) is 0 Å². The Hall–Kier alpha value is -1.92. The minimum Gasteiger partial charge on any atom is -0.354 e. The van der Waals surface area contributed by atoms with E-state index in [0.717, 1.165) is 32.6 Å². The van der Waals surface area contributed by atoms with E-state index in [1.807, 2.05) is 11.8 Å². The molecule has 118 valence electrons. The van der Waals surface area contributed by atoms with E-state index < -0.39 is 0 Å². The molecule has 1 aromatic heterocycles. The zero-order valence-corrected chi connectivity index (χ0v) is 13.4. The Labute approximate surface area is 134 Å². The lowest BCUT2D eigenvalue weighted by molar-refractivity contribution is 0.724. The normalized spacial score (nSPS) is 16.4. The highest BCUT2D eigenvalue weighted by Crippen LogP contribution is 2.22. The lowest BCUT2D eigenvalue weighted by atomic mass is 10.2. The lowest BCUT2D eigenvalue weighted by Crippen LogP contribution is -2.31. The number of halogens is 1. The van der Waals surface area contributed by atoms with Crippen molar-refractivity contribution < 1.29 is 0 Å². The van der Waals surface area contributed by atoms with Crippen LogP contribution in [0.1, 0.15) is 19.2 Å². The largest absolute Gasteiger partial charge is 0.354 e. The summed E-state index contributed by atoms with van der Waals surface area (Å²) in [7, 11) is 0. The molecular weight excluding hydrogens is 302 g/mol. The minimum absolute atomic E-state index is 0.119. The maximum atomic E-state index is 12.1. The first kappa shape index (κ1) is 16.5. The van der Waals surface area contributed by atoms with E-state index in [2.05, 4.69) is 26.9 Å². The number of anilines is 1. The molecule has 1 saturated heterocycles. The van der Waals surface area contributed by atoms with Crippen molar-refractivity contribution in [1.29, 1.82) is 0 Å². The summed E-state index contributed by atoms with van der Waals surface area (Å²) in [5.41, 5.74) is 0.223. The Balaban J connectivity index is 2.33. The Bertz CT molecular complexity index is 642. The summed E-state index contributed by atoms with van der Waals surface area (Å²) in [6, 6.07) is 0. The fourth-order valence-electron chi connectivity index (χ4n) is 2.16.